The number of nitrogen functional groups attached to an aromatic ring is 1. The number of aromatic nitrogens is 1. The molecule has 5 nitrogen and oxygen atoms in total. The summed E-state index contributed by atoms with van der Waals surface area (Å²) in [5, 5.41) is 1.14. The first-order chi connectivity index (χ1) is 11.4. The van der Waals surface area contributed by atoms with Crippen LogP contribution in [0.5, 0.6) is 0 Å². The fraction of sp³-hybridized carbons (Fsp3) is 0.412. The summed E-state index contributed by atoms with van der Waals surface area (Å²) in [6.07, 6.45) is 0.314. The third-order valence-corrected chi connectivity index (χ3v) is 4.83. The Balaban J connectivity index is 2.17. The quantitative estimate of drug-likeness (QED) is 0.818. The molecule has 0 aliphatic carbocycles. The number of likely N-dealkylation sites (N-methyl/N-ethyl adjacent to an activating group) is 2. The van der Waals surface area contributed by atoms with Gasteiger partial charge in [-0.2, -0.15) is 0 Å². The standard InChI is InChI=1S/C17H23ClN4OS/c1-4-22(10-9-21(2)3)15(23)11-14-16(20-17(19)24-14)12-5-7-13(18)8-6-12/h5-8H,4,9-11H2,1-3H3,(H2,19,20). The number of nitrogens with two attached hydrogens (primary N) is 1. The molecule has 0 spiro atoms. The van der Waals surface area contributed by atoms with Crippen molar-refractivity contribution < 1.29 is 4.79 Å². The van der Waals surface area contributed by atoms with Gasteiger partial charge in [0.05, 0.1) is 12.1 Å². The lowest BCUT2D eigenvalue weighted by Crippen LogP contribution is -2.37. The van der Waals surface area contributed by atoms with Gasteiger partial charge in [-0.25, -0.2) is 4.98 Å². The molecule has 1 aromatic carbocycles. The Morgan fingerprint density at radius 2 is 1.92 bits per heavy atom. The maximum absolute atomic E-state index is 12.6. The van der Waals surface area contributed by atoms with Gasteiger partial charge in [-0.05, 0) is 33.2 Å². The highest BCUT2D eigenvalue weighted by Crippen LogP contribution is 2.31. The second kappa shape index (κ2) is 8.46. The van der Waals surface area contributed by atoms with Crippen molar-refractivity contribution in [2.75, 3.05) is 39.5 Å². The zero-order chi connectivity index (χ0) is 17.7. The van der Waals surface area contributed by atoms with Gasteiger partial charge in [0.25, 0.3) is 0 Å². The smallest absolute Gasteiger partial charge is 0.227 e. The average molecular weight is 367 g/mol. The maximum atomic E-state index is 12.6. The Kier molecular flexibility index (Phi) is 6.60. The normalized spacial score (nSPS) is 11.0. The minimum absolute atomic E-state index is 0.0956. The molecular formula is C17H23ClN4OS. The molecule has 2 rings (SSSR count). The van der Waals surface area contributed by atoms with E-state index in [-0.39, 0.29) is 5.91 Å². The van der Waals surface area contributed by atoms with Crippen LogP contribution in [0.15, 0.2) is 24.3 Å². The summed E-state index contributed by atoms with van der Waals surface area (Å²) >= 11 is 7.31. The van der Waals surface area contributed by atoms with E-state index >= 15 is 0 Å². The van der Waals surface area contributed by atoms with E-state index in [4.69, 9.17) is 17.3 Å². The highest BCUT2D eigenvalue weighted by atomic mass is 35.5. The van der Waals surface area contributed by atoms with Gasteiger partial charge >= 0.3 is 0 Å². The number of anilines is 1. The van der Waals surface area contributed by atoms with E-state index in [1.54, 1.807) is 0 Å². The minimum Gasteiger partial charge on any atom is -0.375 e. The number of hydrogen-bond donors (Lipinski definition) is 1. The van der Waals surface area contributed by atoms with Gasteiger partial charge < -0.3 is 15.5 Å². The molecule has 0 saturated heterocycles. The predicted octanol–water partition coefficient (Wildman–Crippen LogP) is 3.00. The molecular weight excluding hydrogens is 344 g/mol. The molecule has 0 radical (unpaired) electrons. The molecule has 0 aliphatic heterocycles. The van der Waals surface area contributed by atoms with Crippen LogP contribution in [0.4, 0.5) is 5.13 Å². The second-order valence-electron chi connectivity index (χ2n) is 5.78. The largest absolute Gasteiger partial charge is 0.375 e. The number of halogens is 1. The van der Waals surface area contributed by atoms with Crippen molar-refractivity contribution in [3.8, 4) is 11.3 Å². The number of amides is 1. The Labute approximate surface area is 152 Å². The van der Waals surface area contributed by atoms with Crippen LogP contribution in [-0.2, 0) is 11.2 Å². The van der Waals surface area contributed by atoms with Crippen molar-refractivity contribution in [3.05, 3.63) is 34.2 Å². The van der Waals surface area contributed by atoms with Gasteiger partial charge in [0.1, 0.15) is 0 Å². The van der Waals surface area contributed by atoms with Gasteiger partial charge in [-0.15, -0.1) is 11.3 Å². The molecule has 130 valence electrons. The van der Waals surface area contributed by atoms with Crippen LogP contribution < -0.4 is 5.73 Å². The lowest BCUT2D eigenvalue weighted by Gasteiger charge is -2.22. The number of carbonyl (C=O) groups is 1. The molecule has 0 atom stereocenters. The highest BCUT2D eigenvalue weighted by Gasteiger charge is 2.18. The zero-order valence-corrected chi connectivity index (χ0v) is 15.8. The summed E-state index contributed by atoms with van der Waals surface area (Å²) in [5.74, 6) is 0.0956. The lowest BCUT2D eigenvalue weighted by molar-refractivity contribution is -0.130. The lowest BCUT2D eigenvalue weighted by atomic mass is 10.1. The third-order valence-electron chi connectivity index (χ3n) is 3.69. The van der Waals surface area contributed by atoms with Crippen LogP contribution in [0, 0.1) is 0 Å². The van der Waals surface area contributed by atoms with Crippen molar-refractivity contribution in [1.82, 2.24) is 14.8 Å². The predicted molar refractivity (Wildman–Crippen MR) is 101 cm³/mol. The molecule has 2 N–H and O–H groups in total. The molecule has 7 heteroatoms. The number of hydrogen-bond acceptors (Lipinski definition) is 5. The molecule has 0 saturated carbocycles. The molecule has 0 bridgehead atoms. The first kappa shape index (κ1) is 18.7. The van der Waals surface area contributed by atoms with Crippen LogP contribution >= 0.6 is 22.9 Å². The highest BCUT2D eigenvalue weighted by molar-refractivity contribution is 7.15. The van der Waals surface area contributed by atoms with Crippen molar-refractivity contribution in [3.63, 3.8) is 0 Å². The van der Waals surface area contributed by atoms with E-state index < -0.39 is 0 Å². The Morgan fingerprint density at radius 1 is 1.25 bits per heavy atom. The Hall–Kier alpha value is -1.63. The van der Waals surface area contributed by atoms with E-state index in [2.05, 4.69) is 9.88 Å². The zero-order valence-electron chi connectivity index (χ0n) is 14.3. The second-order valence-corrected chi connectivity index (χ2v) is 7.34. The van der Waals surface area contributed by atoms with Gasteiger partial charge in [0.2, 0.25) is 5.91 Å². The number of thiazole rings is 1. The molecule has 1 heterocycles. The summed E-state index contributed by atoms with van der Waals surface area (Å²) in [5.41, 5.74) is 7.57. The van der Waals surface area contributed by atoms with E-state index in [0.717, 1.165) is 22.7 Å². The SMILES string of the molecule is CCN(CCN(C)C)C(=O)Cc1sc(N)nc1-c1ccc(Cl)cc1. The van der Waals surface area contributed by atoms with Crippen molar-refractivity contribution in [1.29, 1.82) is 0 Å². The molecule has 0 fully saturated rings. The monoisotopic (exact) mass is 366 g/mol. The summed E-state index contributed by atoms with van der Waals surface area (Å²) in [4.78, 5) is 21.8. The fourth-order valence-electron chi connectivity index (χ4n) is 2.35. The van der Waals surface area contributed by atoms with Gasteiger partial charge in [-0.3, -0.25) is 4.79 Å². The topological polar surface area (TPSA) is 62.5 Å². The molecule has 0 unspecified atom stereocenters. The van der Waals surface area contributed by atoms with E-state index in [1.807, 2.05) is 50.2 Å². The Bertz CT molecular complexity index is 684. The number of benzene rings is 1. The van der Waals surface area contributed by atoms with E-state index in [1.165, 1.54) is 11.3 Å². The van der Waals surface area contributed by atoms with Crippen molar-refractivity contribution >= 4 is 34.0 Å². The van der Waals surface area contributed by atoms with Crippen molar-refractivity contribution in [2.24, 2.45) is 0 Å². The van der Waals surface area contributed by atoms with E-state index in [9.17, 15) is 4.79 Å². The van der Waals surface area contributed by atoms with Gasteiger partial charge in [0, 0.05) is 35.1 Å². The summed E-state index contributed by atoms with van der Waals surface area (Å²) < 4.78 is 0. The maximum Gasteiger partial charge on any atom is 0.227 e. The first-order valence-electron chi connectivity index (χ1n) is 7.84. The molecule has 1 amide bonds. The molecule has 24 heavy (non-hydrogen) atoms. The molecule has 2 aromatic rings. The summed E-state index contributed by atoms with van der Waals surface area (Å²) in [6.45, 7) is 4.24. The van der Waals surface area contributed by atoms with Crippen LogP contribution in [0.3, 0.4) is 0 Å². The van der Waals surface area contributed by atoms with Crippen molar-refractivity contribution in [2.45, 2.75) is 13.3 Å². The Morgan fingerprint density at radius 3 is 2.50 bits per heavy atom. The average Bonchev–Trinajstić information content (AvgIpc) is 2.89. The van der Waals surface area contributed by atoms with Gasteiger partial charge in [-0.1, -0.05) is 23.7 Å². The van der Waals surface area contributed by atoms with Gasteiger partial charge in [0.15, 0.2) is 5.13 Å². The molecule has 0 aliphatic rings. The number of carbonyl (C=O) groups excluding carboxylic acids is 1. The van der Waals surface area contributed by atoms with E-state index in [0.29, 0.717) is 29.7 Å². The first-order valence-corrected chi connectivity index (χ1v) is 9.03. The van der Waals surface area contributed by atoms with Crippen LogP contribution in [-0.4, -0.2) is 54.4 Å². The minimum atomic E-state index is 0.0956. The van der Waals surface area contributed by atoms with Crippen LogP contribution in [0.25, 0.3) is 11.3 Å². The summed E-state index contributed by atoms with van der Waals surface area (Å²) in [7, 11) is 4.00. The fourth-order valence-corrected chi connectivity index (χ4v) is 3.32. The van der Waals surface area contributed by atoms with Crippen LogP contribution in [0.1, 0.15) is 11.8 Å². The third kappa shape index (κ3) is 4.93. The molecule has 1 aromatic heterocycles. The number of rotatable bonds is 7. The number of nitrogens with zero attached hydrogens (tertiary/aromatic N) is 3. The van der Waals surface area contributed by atoms with Crippen LogP contribution in [0.2, 0.25) is 5.02 Å². The summed E-state index contributed by atoms with van der Waals surface area (Å²) in [6, 6.07) is 7.42.